The second-order valence-corrected chi connectivity index (χ2v) is 6.56. The minimum Gasteiger partial charge on any atom is -0.535 e. The van der Waals surface area contributed by atoms with E-state index in [1.165, 1.54) is 4.90 Å². The van der Waals surface area contributed by atoms with Gasteiger partial charge >= 0.3 is 25.0 Å². The smallest absolute Gasteiger partial charge is 0.535 e. The fraction of sp³-hybridized carbons (Fsp3) is 0.667. The molecule has 1 aliphatic heterocycles. The summed E-state index contributed by atoms with van der Waals surface area (Å²) in [4.78, 5) is 13.7. The van der Waals surface area contributed by atoms with E-state index in [1.54, 1.807) is 7.11 Å². The molecule has 0 N–H and O–H groups in total. The van der Waals surface area contributed by atoms with E-state index in [1.807, 2.05) is 26.8 Å². The predicted octanol–water partition coefficient (Wildman–Crippen LogP) is 1.07. The van der Waals surface area contributed by atoms with Crippen LogP contribution in [0.5, 0.6) is 0 Å². The Kier molecular flexibility index (Phi) is 7.95. The van der Waals surface area contributed by atoms with E-state index in [2.05, 4.69) is 19.9 Å². The molecule has 1 amide bonds. The second-order valence-electron chi connectivity index (χ2n) is 6.20. The Labute approximate surface area is 144 Å². The molecule has 0 bridgehead atoms. The second kappa shape index (κ2) is 8.17. The molecule has 21 heavy (non-hydrogen) atoms. The van der Waals surface area contributed by atoms with E-state index in [0.29, 0.717) is 11.7 Å². The maximum absolute atomic E-state index is 12.3. The fourth-order valence-corrected chi connectivity index (χ4v) is 2.19. The average Bonchev–Trinajstić information content (AvgIpc) is 2.24. The largest absolute Gasteiger partial charge is 1.00 e. The molecule has 1 atom stereocenters. The molecule has 0 aromatic heterocycles. The van der Waals surface area contributed by atoms with Gasteiger partial charge in [0, 0.05) is 5.16 Å². The number of ether oxygens (including phenoxy) is 2. The zero-order chi connectivity index (χ0) is 15.5. The van der Waals surface area contributed by atoms with Crippen molar-refractivity contribution >= 4 is 17.7 Å². The number of carbonyl (C=O) groups excluding carboxylic acids is 1. The van der Waals surface area contributed by atoms with Crippen LogP contribution < -0.4 is 18.9 Å². The van der Waals surface area contributed by atoms with Crippen LogP contribution >= 0.6 is 11.6 Å². The number of amides is 1. The van der Waals surface area contributed by atoms with E-state index in [9.17, 15) is 4.79 Å². The van der Waals surface area contributed by atoms with E-state index in [-0.39, 0.29) is 30.1 Å². The van der Waals surface area contributed by atoms with Crippen LogP contribution in [0.4, 0.5) is 4.79 Å². The molecule has 0 aliphatic carbocycles. The number of allylic oxidation sites excluding steroid dienone is 1. The number of methoxy groups -OCH3 is 1. The van der Waals surface area contributed by atoms with Gasteiger partial charge in [-0.25, -0.2) is 4.79 Å². The van der Waals surface area contributed by atoms with E-state index >= 15 is 0 Å². The van der Waals surface area contributed by atoms with Gasteiger partial charge < -0.3 is 9.47 Å². The summed E-state index contributed by atoms with van der Waals surface area (Å²) in [7, 11) is 1.55. The summed E-state index contributed by atoms with van der Waals surface area (Å²) in [6.45, 7) is 9.64. The van der Waals surface area contributed by atoms with Crippen molar-refractivity contribution in [3.8, 4) is 0 Å². The Balaban J connectivity index is 0.00000400. The number of nitrogens with zero attached hydrogens (tertiary/aromatic N) is 1. The van der Waals surface area contributed by atoms with Crippen LogP contribution in [0.3, 0.4) is 0 Å². The van der Waals surface area contributed by atoms with Crippen molar-refractivity contribution in [1.82, 2.24) is 4.90 Å². The van der Waals surface area contributed by atoms with Crippen molar-refractivity contribution in [2.75, 3.05) is 7.11 Å². The van der Waals surface area contributed by atoms with Gasteiger partial charge in [0.25, 0.3) is 0 Å². The van der Waals surface area contributed by atoms with Gasteiger partial charge in [0.05, 0.1) is 7.11 Å². The summed E-state index contributed by atoms with van der Waals surface area (Å²) < 4.78 is 10.6. The Morgan fingerprint density at radius 2 is 2.05 bits per heavy atom. The summed E-state index contributed by atoms with van der Waals surface area (Å²) in [5.74, 6) is 0.947. The third-order valence-corrected chi connectivity index (χ3v) is 2.91. The quantitative estimate of drug-likeness (QED) is 0.445. The standard InChI is InChI=1S/C15H23ClNO3.Li/c1-10(2)7-11-8-12(19-6)9-13(16)17(11)14(18)20-15(3,4)5;/h8,10-11H,7H2,1-6H3;/q-1;+1. The first-order valence-electron chi connectivity index (χ1n) is 6.71. The summed E-state index contributed by atoms with van der Waals surface area (Å²) in [5, 5.41) is 0.198. The van der Waals surface area contributed by atoms with Crippen LogP contribution in [0.2, 0.25) is 0 Å². The van der Waals surface area contributed by atoms with Crippen LogP contribution in [0, 0.1) is 12.0 Å². The number of carbonyl (C=O) groups is 1. The normalized spacial score (nSPS) is 18.7. The van der Waals surface area contributed by atoms with Gasteiger partial charge in [-0.3, -0.25) is 4.90 Å². The van der Waals surface area contributed by atoms with Crippen molar-refractivity contribution in [1.29, 1.82) is 0 Å². The maximum atomic E-state index is 12.3. The molecular weight excluding hydrogens is 285 g/mol. The molecule has 0 aromatic carbocycles. The molecule has 1 unspecified atom stereocenters. The Morgan fingerprint density at radius 1 is 1.48 bits per heavy atom. The van der Waals surface area contributed by atoms with E-state index in [4.69, 9.17) is 21.1 Å². The minimum atomic E-state index is -0.568. The van der Waals surface area contributed by atoms with Crippen molar-refractivity contribution in [2.45, 2.75) is 52.7 Å². The molecule has 1 rings (SSSR count). The summed E-state index contributed by atoms with van der Waals surface area (Å²) in [5.41, 5.74) is -0.568. The first kappa shape index (κ1) is 20.4. The Morgan fingerprint density at radius 3 is 2.48 bits per heavy atom. The molecule has 1 aliphatic rings. The zero-order valence-corrected chi connectivity index (χ0v) is 14.7. The molecule has 0 saturated heterocycles. The molecule has 0 radical (unpaired) electrons. The van der Waals surface area contributed by atoms with Gasteiger partial charge in [-0.1, -0.05) is 25.4 Å². The van der Waals surface area contributed by atoms with Crippen molar-refractivity contribution < 1.29 is 33.1 Å². The fourth-order valence-electron chi connectivity index (χ4n) is 1.90. The zero-order valence-electron chi connectivity index (χ0n) is 14.0. The van der Waals surface area contributed by atoms with Gasteiger partial charge in [0.1, 0.15) is 5.60 Å². The molecule has 0 spiro atoms. The van der Waals surface area contributed by atoms with Crippen LogP contribution in [0.1, 0.15) is 41.0 Å². The van der Waals surface area contributed by atoms with Gasteiger partial charge in [0.2, 0.25) is 0 Å². The molecule has 0 saturated carbocycles. The number of hydrogen-bond donors (Lipinski definition) is 0. The number of hydrogen-bond acceptors (Lipinski definition) is 3. The molecule has 4 nitrogen and oxygen atoms in total. The van der Waals surface area contributed by atoms with Gasteiger partial charge in [-0.2, -0.15) is 12.2 Å². The molecule has 0 aromatic rings. The summed E-state index contributed by atoms with van der Waals surface area (Å²) >= 11 is 6.17. The SMILES string of the molecule is COC1=CC(CC(C)C)N(C(=O)OC(C)(C)C)C(Cl)=[C-]1.[Li+]. The van der Waals surface area contributed by atoms with E-state index < -0.39 is 11.7 Å². The first-order chi connectivity index (χ1) is 9.14. The molecular formula is C15H23ClLiNO3. The minimum absolute atomic E-state index is 0. The molecule has 0 fully saturated rings. The number of halogens is 1. The van der Waals surface area contributed by atoms with Gasteiger partial charge in [0.15, 0.2) is 0 Å². The predicted molar refractivity (Wildman–Crippen MR) is 79.0 cm³/mol. The van der Waals surface area contributed by atoms with Crippen LogP contribution in [0.25, 0.3) is 0 Å². The van der Waals surface area contributed by atoms with Crippen molar-refractivity contribution in [3.63, 3.8) is 0 Å². The topological polar surface area (TPSA) is 38.8 Å². The third kappa shape index (κ3) is 6.38. The molecule has 1 heterocycles. The van der Waals surface area contributed by atoms with Gasteiger partial charge in [-0.15, -0.1) is 0 Å². The number of rotatable bonds is 3. The van der Waals surface area contributed by atoms with E-state index in [0.717, 1.165) is 6.42 Å². The Bertz CT molecular complexity index is 427. The molecule has 6 heteroatoms. The summed E-state index contributed by atoms with van der Waals surface area (Å²) in [6.07, 6.45) is 4.98. The Hall–Kier alpha value is -0.563. The van der Waals surface area contributed by atoms with Crippen LogP contribution in [-0.2, 0) is 9.47 Å². The first-order valence-corrected chi connectivity index (χ1v) is 7.09. The maximum Gasteiger partial charge on any atom is 1.00 e. The third-order valence-electron chi connectivity index (χ3n) is 2.64. The summed E-state index contributed by atoms with van der Waals surface area (Å²) in [6, 6.07) is -0.187. The van der Waals surface area contributed by atoms with Crippen molar-refractivity contribution in [2.24, 2.45) is 5.92 Å². The van der Waals surface area contributed by atoms with Crippen LogP contribution in [-0.4, -0.2) is 29.7 Å². The van der Waals surface area contributed by atoms with Crippen LogP contribution in [0.15, 0.2) is 17.0 Å². The monoisotopic (exact) mass is 307 g/mol. The van der Waals surface area contributed by atoms with Crippen molar-refractivity contribution in [3.05, 3.63) is 23.1 Å². The average molecular weight is 308 g/mol. The molecule has 114 valence electrons. The van der Waals surface area contributed by atoms with Gasteiger partial charge in [-0.05, 0) is 44.9 Å².